The standard InChI is InChI=1S/C18H32N2/c1-13-8-18(9-16(18)20(13)17(2,3)4)12-19-10-14-6-5-7-15(14)11-19/h13-16H,5-12H2,1-4H3/t13-,14-,15+,16+,18?/m1/s1. The van der Waals surface area contributed by atoms with Crippen LogP contribution in [0, 0.1) is 17.3 Å². The van der Waals surface area contributed by atoms with E-state index in [2.05, 4.69) is 37.5 Å². The first kappa shape index (κ1) is 13.6. The fraction of sp³-hybridized carbons (Fsp3) is 1.00. The van der Waals surface area contributed by atoms with Gasteiger partial charge in [-0.2, -0.15) is 0 Å². The van der Waals surface area contributed by atoms with Crippen LogP contribution in [-0.4, -0.2) is 47.1 Å². The molecule has 2 heteroatoms. The maximum atomic E-state index is 2.84. The smallest absolute Gasteiger partial charge is 0.0179 e. The molecule has 2 heterocycles. The van der Waals surface area contributed by atoms with Crippen molar-refractivity contribution in [2.45, 2.75) is 77.4 Å². The van der Waals surface area contributed by atoms with E-state index in [0.29, 0.717) is 11.0 Å². The molecule has 2 nitrogen and oxygen atoms in total. The van der Waals surface area contributed by atoms with Crippen molar-refractivity contribution >= 4 is 0 Å². The summed E-state index contributed by atoms with van der Waals surface area (Å²) in [7, 11) is 0. The van der Waals surface area contributed by atoms with Crippen molar-refractivity contribution in [3.8, 4) is 0 Å². The Labute approximate surface area is 124 Å². The van der Waals surface area contributed by atoms with Crippen LogP contribution >= 0.6 is 0 Å². The van der Waals surface area contributed by atoms with Crippen LogP contribution in [-0.2, 0) is 0 Å². The molecular weight excluding hydrogens is 244 g/mol. The zero-order chi connectivity index (χ0) is 14.1. The molecule has 0 bridgehead atoms. The highest BCUT2D eigenvalue weighted by Gasteiger charge is 2.65. The van der Waals surface area contributed by atoms with Crippen LogP contribution < -0.4 is 0 Å². The SMILES string of the molecule is C[C@@H]1CC2(CN3C[C@H]4CCC[C@H]4C3)C[C@@H]2N1C(C)(C)C. The molecule has 114 valence electrons. The minimum atomic E-state index is 0.351. The van der Waals surface area contributed by atoms with Gasteiger partial charge in [-0.1, -0.05) is 6.42 Å². The van der Waals surface area contributed by atoms with E-state index in [1.54, 1.807) is 0 Å². The largest absolute Gasteiger partial charge is 0.302 e. The van der Waals surface area contributed by atoms with Gasteiger partial charge in [0.25, 0.3) is 0 Å². The maximum absolute atomic E-state index is 2.84. The van der Waals surface area contributed by atoms with E-state index < -0.39 is 0 Å². The fourth-order valence-electron chi connectivity index (χ4n) is 6.20. The van der Waals surface area contributed by atoms with E-state index in [1.165, 1.54) is 51.7 Å². The first-order valence-electron chi connectivity index (χ1n) is 8.90. The number of likely N-dealkylation sites (tertiary alicyclic amines) is 2. The monoisotopic (exact) mass is 276 g/mol. The molecule has 5 atom stereocenters. The third-order valence-electron chi connectivity index (χ3n) is 6.77. The summed E-state index contributed by atoms with van der Waals surface area (Å²) < 4.78 is 0. The second-order valence-corrected chi connectivity index (χ2v) is 9.36. The molecule has 0 N–H and O–H groups in total. The zero-order valence-corrected chi connectivity index (χ0v) is 13.9. The Kier molecular flexibility index (Phi) is 2.87. The first-order valence-corrected chi connectivity index (χ1v) is 8.90. The number of hydrogen-bond acceptors (Lipinski definition) is 2. The number of fused-ring (bicyclic) bond motifs is 2. The van der Waals surface area contributed by atoms with Gasteiger partial charge in [-0.3, -0.25) is 4.90 Å². The summed E-state index contributed by atoms with van der Waals surface area (Å²) in [5, 5.41) is 0. The molecule has 4 aliphatic rings. The van der Waals surface area contributed by atoms with Crippen LogP contribution in [0.3, 0.4) is 0 Å². The molecule has 1 unspecified atom stereocenters. The lowest BCUT2D eigenvalue weighted by atomic mass is 9.99. The second kappa shape index (κ2) is 4.23. The van der Waals surface area contributed by atoms with Gasteiger partial charge in [-0.05, 0) is 65.2 Å². The van der Waals surface area contributed by atoms with E-state index in [0.717, 1.165) is 23.9 Å². The molecule has 4 fully saturated rings. The van der Waals surface area contributed by atoms with E-state index in [4.69, 9.17) is 0 Å². The van der Waals surface area contributed by atoms with Crippen LogP contribution in [0.1, 0.15) is 59.8 Å². The first-order chi connectivity index (χ1) is 9.39. The minimum absolute atomic E-state index is 0.351. The van der Waals surface area contributed by atoms with Gasteiger partial charge in [-0.15, -0.1) is 0 Å². The quantitative estimate of drug-likeness (QED) is 0.763. The molecule has 2 aliphatic carbocycles. The van der Waals surface area contributed by atoms with Crippen molar-refractivity contribution in [2.24, 2.45) is 17.3 Å². The molecule has 0 aromatic heterocycles. The van der Waals surface area contributed by atoms with Gasteiger partial charge in [0.05, 0.1) is 0 Å². The van der Waals surface area contributed by atoms with Gasteiger partial charge in [0.1, 0.15) is 0 Å². The van der Waals surface area contributed by atoms with Gasteiger partial charge >= 0.3 is 0 Å². The summed E-state index contributed by atoms with van der Waals surface area (Å²) in [6, 6.07) is 1.67. The van der Waals surface area contributed by atoms with Crippen LogP contribution in [0.15, 0.2) is 0 Å². The highest BCUT2D eigenvalue weighted by molar-refractivity contribution is 5.19. The molecule has 20 heavy (non-hydrogen) atoms. The fourth-order valence-corrected chi connectivity index (χ4v) is 6.20. The van der Waals surface area contributed by atoms with Crippen molar-refractivity contribution in [1.29, 1.82) is 0 Å². The second-order valence-electron chi connectivity index (χ2n) is 9.36. The maximum Gasteiger partial charge on any atom is 0.0179 e. The normalized spacial score (nSPS) is 48.6. The van der Waals surface area contributed by atoms with Crippen LogP contribution in [0.4, 0.5) is 0 Å². The van der Waals surface area contributed by atoms with E-state index in [9.17, 15) is 0 Å². The van der Waals surface area contributed by atoms with Crippen molar-refractivity contribution < 1.29 is 0 Å². The Bertz CT molecular complexity index is 387. The Morgan fingerprint density at radius 3 is 2.25 bits per heavy atom. The van der Waals surface area contributed by atoms with Crippen LogP contribution in [0.25, 0.3) is 0 Å². The lowest BCUT2D eigenvalue weighted by Gasteiger charge is -2.37. The molecule has 0 spiro atoms. The van der Waals surface area contributed by atoms with Crippen molar-refractivity contribution in [3.63, 3.8) is 0 Å². The Morgan fingerprint density at radius 2 is 1.70 bits per heavy atom. The number of rotatable bonds is 2. The molecule has 0 aromatic carbocycles. The van der Waals surface area contributed by atoms with Gasteiger partial charge in [-0.25, -0.2) is 0 Å². The highest BCUT2D eigenvalue weighted by atomic mass is 15.3. The lowest BCUT2D eigenvalue weighted by molar-refractivity contribution is 0.104. The summed E-state index contributed by atoms with van der Waals surface area (Å²) >= 11 is 0. The predicted octanol–water partition coefficient (Wildman–Crippen LogP) is 3.37. The Balaban J connectivity index is 1.42. The number of nitrogens with zero attached hydrogens (tertiary/aromatic N) is 2. The Morgan fingerprint density at radius 1 is 1.05 bits per heavy atom. The molecule has 2 saturated heterocycles. The number of piperidine rings is 1. The molecule has 0 aromatic rings. The topological polar surface area (TPSA) is 6.48 Å². The molecule has 2 aliphatic heterocycles. The van der Waals surface area contributed by atoms with E-state index in [1.807, 2.05) is 0 Å². The molecule has 4 rings (SSSR count). The van der Waals surface area contributed by atoms with Crippen LogP contribution in [0.5, 0.6) is 0 Å². The van der Waals surface area contributed by atoms with E-state index >= 15 is 0 Å². The summed E-state index contributed by atoms with van der Waals surface area (Å²) in [6.07, 6.45) is 7.46. The average Bonchev–Trinajstić information content (AvgIpc) is 2.63. The van der Waals surface area contributed by atoms with Crippen molar-refractivity contribution in [1.82, 2.24) is 9.80 Å². The van der Waals surface area contributed by atoms with Crippen molar-refractivity contribution in [2.75, 3.05) is 19.6 Å². The van der Waals surface area contributed by atoms with Gasteiger partial charge < -0.3 is 4.90 Å². The molecule has 2 saturated carbocycles. The Hall–Kier alpha value is -0.0800. The molecular formula is C18H32N2. The van der Waals surface area contributed by atoms with Crippen molar-refractivity contribution in [3.05, 3.63) is 0 Å². The highest BCUT2D eigenvalue weighted by Crippen LogP contribution is 2.62. The summed E-state index contributed by atoms with van der Waals surface area (Å²) in [6.45, 7) is 13.9. The predicted molar refractivity (Wildman–Crippen MR) is 83.8 cm³/mol. The van der Waals surface area contributed by atoms with E-state index in [-0.39, 0.29) is 0 Å². The van der Waals surface area contributed by atoms with Gasteiger partial charge in [0.15, 0.2) is 0 Å². The summed E-state index contributed by atoms with van der Waals surface area (Å²) in [5.41, 5.74) is 1.02. The van der Waals surface area contributed by atoms with Gasteiger partial charge in [0.2, 0.25) is 0 Å². The van der Waals surface area contributed by atoms with Gasteiger partial charge in [0, 0.05) is 42.7 Å². The van der Waals surface area contributed by atoms with Crippen LogP contribution in [0.2, 0.25) is 0 Å². The third kappa shape index (κ3) is 1.98. The average molecular weight is 276 g/mol. The zero-order valence-electron chi connectivity index (χ0n) is 13.9. The number of hydrogen-bond donors (Lipinski definition) is 0. The molecule has 0 radical (unpaired) electrons. The minimum Gasteiger partial charge on any atom is -0.302 e. The summed E-state index contributed by atoms with van der Waals surface area (Å²) in [5.74, 6) is 2.11. The molecule has 0 amide bonds. The lowest BCUT2D eigenvalue weighted by Crippen LogP contribution is -2.45. The summed E-state index contributed by atoms with van der Waals surface area (Å²) in [4.78, 5) is 5.66. The third-order valence-corrected chi connectivity index (χ3v) is 6.77.